The molecule has 0 aliphatic carbocycles. The first kappa shape index (κ1) is 20.0. The minimum Gasteiger partial charge on any atom is -0.472 e. The van der Waals surface area contributed by atoms with E-state index in [1.54, 1.807) is 36.6 Å². The van der Waals surface area contributed by atoms with Crippen LogP contribution in [0.1, 0.15) is 5.69 Å². The Kier molecular flexibility index (Phi) is 4.77. The average molecular weight is 432 g/mol. The van der Waals surface area contributed by atoms with E-state index in [1.165, 1.54) is 30.5 Å². The number of benzene rings is 2. The highest BCUT2D eigenvalue weighted by Crippen LogP contribution is 2.34. The fourth-order valence-electron chi connectivity index (χ4n) is 3.02. The molecule has 4 rings (SSSR count). The second-order valence-electron chi connectivity index (χ2n) is 6.68. The highest BCUT2D eigenvalue weighted by molar-refractivity contribution is 7.90. The molecule has 2 heterocycles. The van der Waals surface area contributed by atoms with Gasteiger partial charge in [-0.1, -0.05) is 24.3 Å². The molecule has 154 valence electrons. The fourth-order valence-corrected chi connectivity index (χ4v) is 3.65. The van der Waals surface area contributed by atoms with Gasteiger partial charge in [-0.15, -0.1) is 0 Å². The zero-order valence-corrected chi connectivity index (χ0v) is 16.4. The molecule has 2 aromatic heterocycles. The first-order valence-electron chi connectivity index (χ1n) is 8.74. The van der Waals surface area contributed by atoms with Crippen molar-refractivity contribution in [2.24, 2.45) is 0 Å². The van der Waals surface area contributed by atoms with Gasteiger partial charge in [0.1, 0.15) is 0 Å². The minimum atomic E-state index is -4.62. The molecule has 0 aliphatic heterocycles. The van der Waals surface area contributed by atoms with Gasteiger partial charge in [0.2, 0.25) is 0 Å². The van der Waals surface area contributed by atoms with E-state index < -0.39 is 21.7 Å². The van der Waals surface area contributed by atoms with Crippen LogP contribution < -0.4 is 0 Å². The molecule has 0 amide bonds. The molecular weight excluding hydrogens is 417 g/mol. The predicted molar refractivity (Wildman–Crippen MR) is 105 cm³/mol. The number of furan rings is 1. The molecule has 0 aliphatic rings. The highest BCUT2D eigenvalue weighted by Gasteiger charge is 2.35. The molecule has 5 nitrogen and oxygen atoms in total. The Morgan fingerprint density at radius 2 is 1.53 bits per heavy atom. The van der Waals surface area contributed by atoms with Crippen molar-refractivity contribution in [1.82, 2.24) is 9.78 Å². The van der Waals surface area contributed by atoms with Crippen LogP contribution in [0, 0.1) is 0 Å². The highest BCUT2D eigenvalue weighted by atomic mass is 32.2. The quantitative estimate of drug-likeness (QED) is 0.443. The second kappa shape index (κ2) is 7.17. The van der Waals surface area contributed by atoms with Gasteiger partial charge < -0.3 is 4.42 Å². The van der Waals surface area contributed by atoms with Gasteiger partial charge in [0.15, 0.2) is 15.5 Å². The van der Waals surface area contributed by atoms with Crippen molar-refractivity contribution in [3.05, 3.63) is 78.9 Å². The molecular formula is C21H15F3N2O3S. The van der Waals surface area contributed by atoms with Gasteiger partial charge in [0.05, 0.1) is 28.8 Å². The van der Waals surface area contributed by atoms with Crippen molar-refractivity contribution >= 4 is 9.84 Å². The zero-order valence-electron chi connectivity index (χ0n) is 15.6. The second-order valence-corrected chi connectivity index (χ2v) is 8.70. The van der Waals surface area contributed by atoms with E-state index in [0.29, 0.717) is 11.3 Å². The van der Waals surface area contributed by atoms with Crippen molar-refractivity contribution in [3.8, 4) is 28.1 Å². The van der Waals surface area contributed by atoms with Crippen molar-refractivity contribution in [3.63, 3.8) is 0 Å². The van der Waals surface area contributed by atoms with Crippen LogP contribution >= 0.6 is 0 Å². The summed E-state index contributed by atoms with van der Waals surface area (Å²) in [5.41, 5.74) is 1.73. The summed E-state index contributed by atoms with van der Waals surface area (Å²) in [6.45, 7) is 0. The van der Waals surface area contributed by atoms with E-state index in [9.17, 15) is 21.6 Å². The Morgan fingerprint density at radius 3 is 2.07 bits per heavy atom. The number of alkyl halides is 3. The lowest BCUT2D eigenvalue weighted by Gasteiger charge is -2.09. The molecule has 0 N–H and O–H groups in total. The Bertz CT molecular complexity index is 1270. The third-order valence-corrected chi connectivity index (χ3v) is 5.67. The van der Waals surface area contributed by atoms with Crippen LogP contribution in [-0.4, -0.2) is 24.5 Å². The number of rotatable bonds is 4. The van der Waals surface area contributed by atoms with Gasteiger partial charge in [0, 0.05) is 17.4 Å². The standard InChI is InChI=1S/C21H15F3N2O3S/c1-30(27,28)18-8-6-17(7-9-18)26-19(12-20(25-26)21(22,23)24)15-4-2-14(3-5-15)16-10-11-29-13-16/h2-13H,1H3. The monoisotopic (exact) mass is 432 g/mol. The third kappa shape index (κ3) is 3.88. The summed E-state index contributed by atoms with van der Waals surface area (Å²) < 4.78 is 69.5. The molecule has 4 aromatic rings. The summed E-state index contributed by atoms with van der Waals surface area (Å²) in [6.07, 6.45) is -0.452. The largest absolute Gasteiger partial charge is 0.472 e. The molecule has 0 radical (unpaired) electrons. The third-order valence-electron chi connectivity index (χ3n) is 4.54. The molecule has 9 heteroatoms. The number of halogens is 3. The Balaban J connectivity index is 1.80. The fraction of sp³-hybridized carbons (Fsp3) is 0.0952. The molecule has 30 heavy (non-hydrogen) atoms. The average Bonchev–Trinajstić information content (AvgIpc) is 3.37. The van der Waals surface area contributed by atoms with Crippen LogP contribution in [0.25, 0.3) is 28.1 Å². The number of sulfone groups is 1. The number of hydrogen-bond acceptors (Lipinski definition) is 4. The first-order valence-corrected chi connectivity index (χ1v) is 10.6. The van der Waals surface area contributed by atoms with E-state index >= 15 is 0 Å². The van der Waals surface area contributed by atoms with E-state index in [-0.39, 0.29) is 10.6 Å². The van der Waals surface area contributed by atoms with Crippen molar-refractivity contribution < 1.29 is 26.0 Å². The van der Waals surface area contributed by atoms with Gasteiger partial charge >= 0.3 is 6.18 Å². The lowest BCUT2D eigenvalue weighted by Crippen LogP contribution is -2.07. The summed E-state index contributed by atoms with van der Waals surface area (Å²) in [5.74, 6) is 0. The van der Waals surface area contributed by atoms with E-state index in [1.807, 2.05) is 0 Å². The maximum Gasteiger partial charge on any atom is 0.435 e. The Hall–Kier alpha value is -3.33. The first-order chi connectivity index (χ1) is 14.1. The topological polar surface area (TPSA) is 65.1 Å². The minimum absolute atomic E-state index is 0.0699. The maximum absolute atomic E-state index is 13.3. The van der Waals surface area contributed by atoms with Gasteiger partial charge in [-0.25, -0.2) is 13.1 Å². The van der Waals surface area contributed by atoms with Crippen LogP contribution in [0.3, 0.4) is 0 Å². The lowest BCUT2D eigenvalue weighted by molar-refractivity contribution is -0.141. The summed E-state index contributed by atoms with van der Waals surface area (Å²) in [4.78, 5) is 0.0699. The van der Waals surface area contributed by atoms with Gasteiger partial charge in [-0.05, 0) is 42.0 Å². The lowest BCUT2D eigenvalue weighted by atomic mass is 10.0. The zero-order chi connectivity index (χ0) is 21.5. The van der Waals surface area contributed by atoms with E-state index in [2.05, 4.69) is 5.10 Å². The van der Waals surface area contributed by atoms with Crippen LogP contribution in [-0.2, 0) is 16.0 Å². The van der Waals surface area contributed by atoms with Gasteiger partial charge in [0.25, 0.3) is 0 Å². The van der Waals surface area contributed by atoms with E-state index in [4.69, 9.17) is 4.42 Å². The molecule has 2 aromatic carbocycles. The van der Waals surface area contributed by atoms with Crippen LogP contribution in [0.4, 0.5) is 13.2 Å². The van der Waals surface area contributed by atoms with Gasteiger partial charge in [-0.2, -0.15) is 18.3 Å². The molecule has 0 saturated heterocycles. The maximum atomic E-state index is 13.3. The SMILES string of the molecule is CS(=O)(=O)c1ccc(-n2nc(C(F)(F)F)cc2-c2ccc(-c3ccoc3)cc2)cc1. The van der Waals surface area contributed by atoms with E-state index in [0.717, 1.165) is 28.1 Å². The van der Waals surface area contributed by atoms with Crippen LogP contribution in [0.15, 0.2) is 82.5 Å². The number of aromatic nitrogens is 2. The van der Waals surface area contributed by atoms with Crippen molar-refractivity contribution in [2.45, 2.75) is 11.1 Å². The molecule has 0 unspecified atom stereocenters. The summed E-state index contributed by atoms with van der Waals surface area (Å²) in [7, 11) is -3.43. The summed E-state index contributed by atoms with van der Waals surface area (Å²) in [6, 6.07) is 15.2. The number of hydrogen-bond donors (Lipinski definition) is 0. The predicted octanol–water partition coefficient (Wildman–Crippen LogP) is 5.22. The van der Waals surface area contributed by atoms with Crippen molar-refractivity contribution in [2.75, 3.05) is 6.26 Å². The normalized spacial score (nSPS) is 12.3. The molecule has 0 saturated carbocycles. The Labute approximate surface area is 170 Å². The Morgan fingerprint density at radius 1 is 0.900 bits per heavy atom. The molecule has 0 bridgehead atoms. The van der Waals surface area contributed by atoms with Crippen LogP contribution in [0.5, 0.6) is 0 Å². The molecule has 0 spiro atoms. The number of nitrogens with zero attached hydrogens (tertiary/aromatic N) is 2. The summed E-state index contributed by atoms with van der Waals surface area (Å²) >= 11 is 0. The van der Waals surface area contributed by atoms with Crippen molar-refractivity contribution in [1.29, 1.82) is 0 Å². The summed E-state index contributed by atoms with van der Waals surface area (Å²) in [5, 5.41) is 3.72. The molecule has 0 atom stereocenters. The van der Waals surface area contributed by atoms with Gasteiger partial charge in [-0.3, -0.25) is 0 Å². The smallest absolute Gasteiger partial charge is 0.435 e. The van der Waals surface area contributed by atoms with Crippen LogP contribution in [0.2, 0.25) is 0 Å². The molecule has 0 fully saturated rings.